The Kier molecular flexibility index (Phi) is 22.4. The van der Waals surface area contributed by atoms with Crippen LogP contribution in [-0.2, 0) is 0 Å². The molecule has 10 heteroatoms. The van der Waals surface area contributed by atoms with Gasteiger partial charge >= 0.3 is 50.6 Å². The van der Waals surface area contributed by atoms with Crippen molar-refractivity contribution in [2.45, 2.75) is 0 Å². The topological polar surface area (TPSA) is 100 Å². The quantitative estimate of drug-likeness (QED) is 0.416. The van der Waals surface area contributed by atoms with Crippen LogP contribution >= 0.6 is 0 Å². The molecular weight excluding hydrogens is 501 g/mol. The summed E-state index contributed by atoms with van der Waals surface area (Å²) in [5.74, 6) is -1.98. The number of rotatable bonds is 2. The molecule has 6 nitrogen and oxygen atoms in total. The van der Waals surface area contributed by atoms with Gasteiger partial charge in [0.1, 0.15) is 11.4 Å². The smallest absolute Gasteiger partial charge is 1.00 e. The average Bonchev–Trinajstić information content (AvgIpc) is 2.41. The summed E-state index contributed by atoms with van der Waals surface area (Å²) in [5.41, 5.74) is 0.162. The second kappa shape index (κ2) is 16.8. The number of hydrogen-bond donors (Lipinski definition) is 2. The number of pyridine rings is 2. The van der Waals surface area contributed by atoms with E-state index in [0.29, 0.717) is 0 Å². The van der Waals surface area contributed by atoms with Crippen molar-refractivity contribution in [3.05, 3.63) is 60.2 Å². The summed E-state index contributed by atoms with van der Waals surface area (Å²) >= 11 is 0. The van der Waals surface area contributed by atoms with Crippen LogP contribution in [0.15, 0.2) is 48.8 Å². The summed E-state index contributed by atoms with van der Waals surface area (Å²) in [6, 6.07) is 9.51. The molecule has 0 aliphatic carbocycles. The van der Waals surface area contributed by atoms with Crippen molar-refractivity contribution in [3.8, 4) is 0 Å². The molecule has 2 aromatic rings. The molecule has 2 N–H and O–H groups in total. The molecule has 2 aromatic heterocycles. The van der Waals surface area contributed by atoms with E-state index in [4.69, 9.17) is 10.2 Å². The first-order valence-electron chi connectivity index (χ1n) is 4.90. The Morgan fingerprint density at radius 2 is 1.05 bits per heavy atom. The molecule has 0 aliphatic heterocycles. The minimum absolute atomic E-state index is 0. The fourth-order valence-electron chi connectivity index (χ4n) is 0.979. The van der Waals surface area contributed by atoms with Gasteiger partial charge in [-0.3, -0.25) is 0 Å². The standard InChI is InChI=1S/2C6H5NO2.3ClH.Tb/c2*8-6(9)5-3-1-2-4-7-5;;;;/h2*1-4H,(H,8,9);3*1H;/q;;;;;+3/p-3. The average molecular weight is 512 g/mol. The van der Waals surface area contributed by atoms with Gasteiger partial charge in [0.2, 0.25) is 0 Å². The number of carbonyl (C=O) groups is 2. The number of aromatic carboxylic acids is 2. The molecule has 0 atom stereocenters. The van der Waals surface area contributed by atoms with E-state index in [2.05, 4.69) is 9.97 Å². The van der Waals surface area contributed by atoms with Gasteiger partial charge in [-0.2, -0.15) is 0 Å². The van der Waals surface area contributed by atoms with Crippen molar-refractivity contribution in [2.75, 3.05) is 0 Å². The Labute approximate surface area is 176 Å². The van der Waals surface area contributed by atoms with Crippen LogP contribution in [-0.4, -0.2) is 32.1 Å². The summed E-state index contributed by atoms with van der Waals surface area (Å²) in [4.78, 5) is 27.4. The van der Waals surface area contributed by atoms with Gasteiger partial charge in [-0.15, -0.1) is 0 Å². The van der Waals surface area contributed by atoms with E-state index in [9.17, 15) is 9.59 Å². The minimum Gasteiger partial charge on any atom is -1.00 e. The maximum Gasteiger partial charge on any atom is 3.00 e. The molecule has 0 aromatic carbocycles. The molecule has 0 spiro atoms. The van der Waals surface area contributed by atoms with Crippen molar-refractivity contribution in [1.82, 2.24) is 9.97 Å². The van der Waals surface area contributed by atoms with E-state index < -0.39 is 11.9 Å². The molecule has 0 radical (unpaired) electrons. The van der Waals surface area contributed by atoms with Gasteiger partial charge in [0.25, 0.3) is 0 Å². The van der Waals surface area contributed by atoms with E-state index in [1.54, 1.807) is 24.3 Å². The van der Waals surface area contributed by atoms with Crippen LogP contribution in [0.1, 0.15) is 21.0 Å². The molecule has 2 rings (SSSR count). The Hall–Kier alpha value is -0.604. The Balaban J connectivity index is -0.000000125. The number of aromatic nitrogens is 2. The Bertz CT molecular complexity index is 483. The summed E-state index contributed by atoms with van der Waals surface area (Å²) in [7, 11) is 0. The predicted octanol–water partition coefficient (Wildman–Crippen LogP) is -7.43. The number of carboxylic acids is 2. The van der Waals surface area contributed by atoms with Crippen molar-refractivity contribution >= 4 is 11.9 Å². The van der Waals surface area contributed by atoms with Crippen LogP contribution in [0.2, 0.25) is 0 Å². The number of halogens is 3. The van der Waals surface area contributed by atoms with E-state index in [1.165, 1.54) is 24.5 Å². The van der Waals surface area contributed by atoms with E-state index >= 15 is 0 Å². The first-order chi connectivity index (χ1) is 8.61. The summed E-state index contributed by atoms with van der Waals surface area (Å²) in [6.07, 6.45) is 2.90. The molecule has 0 aliphatic rings. The van der Waals surface area contributed by atoms with Gasteiger partial charge in [0.05, 0.1) is 0 Å². The van der Waals surface area contributed by atoms with Crippen LogP contribution in [0.3, 0.4) is 0 Å². The van der Waals surface area contributed by atoms with Crippen molar-refractivity contribution in [2.24, 2.45) is 0 Å². The third-order valence-electron chi connectivity index (χ3n) is 1.77. The van der Waals surface area contributed by atoms with Gasteiger partial charge in [0.15, 0.2) is 0 Å². The van der Waals surface area contributed by atoms with E-state index in [0.717, 1.165) is 0 Å². The molecule has 2 heterocycles. The van der Waals surface area contributed by atoms with E-state index in [-0.39, 0.29) is 87.2 Å². The van der Waals surface area contributed by atoms with Crippen molar-refractivity contribution in [3.63, 3.8) is 0 Å². The van der Waals surface area contributed by atoms with Gasteiger partial charge in [-0.05, 0) is 24.3 Å². The number of nitrogens with zero attached hydrogens (tertiary/aromatic N) is 2. The van der Waals surface area contributed by atoms with Crippen molar-refractivity contribution in [1.29, 1.82) is 0 Å². The minimum atomic E-state index is -0.990. The Morgan fingerprint density at radius 3 is 1.18 bits per heavy atom. The zero-order chi connectivity index (χ0) is 13.4. The number of hydrogen-bond acceptors (Lipinski definition) is 4. The SMILES string of the molecule is O=C(O)c1ccccn1.O=C(O)c1ccccn1.[Cl-].[Cl-].[Cl-].[Tb+3]. The zero-order valence-electron chi connectivity index (χ0n) is 10.7. The van der Waals surface area contributed by atoms with E-state index in [1.807, 2.05) is 0 Å². The third-order valence-corrected chi connectivity index (χ3v) is 1.77. The largest absolute Gasteiger partial charge is 3.00 e. The Morgan fingerprint density at radius 1 is 0.727 bits per heavy atom. The summed E-state index contributed by atoms with van der Waals surface area (Å²) in [5, 5.41) is 16.6. The van der Waals surface area contributed by atoms with Gasteiger partial charge < -0.3 is 47.4 Å². The second-order valence-electron chi connectivity index (χ2n) is 3.04. The first-order valence-corrected chi connectivity index (χ1v) is 4.90. The third kappa shape index (κ3) is 12.0. The predicted molar refractivity (Wildman–Crippen MR) is 62.4 cm³/mol. The van der Waals surface area contributed by atoms with Crippen LogP contribution in [0, 0.1) is 38.6 Å². The number of carboxylic acid groups (broad SMARTS) is 2. The van der Waals surface area contributed by atoms with Crippen LogP contribution < -0.4 is 37.2 Å². The molecule has 0 amide bonds. The monoisotopic (exact) mass is 510 g/mol. The molecule has 22 heavy (non-hydrogen) atoms. The summed E-state index contributed by atoms with van der Waals surface area (Å²) < 4.78 is 0. The van der Waals surface area contributed by atoms with Crippen molar-refractivity contribution < 1.29 is 95.6 Å². The van der Waals surface area contributed by atoms with Gasteiger partial charge in [-0.1, -0.05) is 12.1 Å². The van der Waals surface area contributed by atoms with Crippen LogP contribution in [0.25, 0.3) is 0 Å². The molecular formula is C12H10Cl3N2O4Tb. The zero-order valence-corrected chi connectivity index (χ0v) is 15.1. The van der Waals surface area contributed by atoms with Gasteiger partial charge in [-0.25, -0.2) is 19.6 Å². The maximum atomic E-state index is 10.1. The maximum absolute atomic E-state index is 10.1. The molecule has 0 saturated heterocycles. The normalized spacial score (nSPS) is 7.27. The molecule has 0 fully saturated rings. The molecule has 122 valence electrons. The van der Waals surface area contributed by atoms with Crippen LogP contribution in [0.4, 0.5) is 0 Å². The molecule has 0 bridgehead atoms. The summed E-state index contributed by atoms with van der Waals surface area (Å²) in [6.45, 7) is 0. The molecule has 0 saturated carbocycles. The fraction of sp³-hybridized carbons (Fsp3) is 0. The molecule has 0 unspecified atom stereocenters. The first kappa shape index (κ1) is 29.4. The van der Waals surface area contributed by atoms with Gasteiger partial charge in [0, 0.05) is 12.4 Å². The second-order valence-corrected chi connectivity index (χ2v) is 3.04. The fourth-order valence-corrected chi connectivity index (χ4v) is 0.979. The van der Waals surface area contributed by atoms with Crippen LogP contribution in [0.5, 0.6) is 0 Å².